The molecule has 0 saturated carbocycles. The molecule has 0 unspecified atom stereocenters. The number of rotatable bonds is 4. The summed E-state index contributed by atoms with van der Waals surface area (Å²) in [6.07, 6.45) is 0. The molecule has 2 N–H and O–H groups in total. The van der Waals surface area contributed by atoms with E-state index in [1.54, 1.807) is 30.3 Å². The molecule has 0 saturated heterocycles. The highest BCUT2D eigenvalue weighted by Gasteiger charge is 2.10. The Balaban J connectivity index is 2.03. The van der Waals surface area contributed by atoms with E-state index in [4.69, 9.17) is 16.3 Å². The van der Waals surface area contributed by atoms with Gasteiger partial charge in [-0.15, -0.1) is 0 Å². The van der Waals surface area contributed by atoms with Crippen LogP contribution in [0.4, 0.5) is 14.9 Å². The molecule has 0 atom stereocenters. The molecule has 0 radical (unpaired) electrons. The van der Waals surface area contributed by atoms with Crippen molar-refractivity contribution in [1.82, 2.24) is 5.32 Å². The van der Waals surface area contributed by atoms with Crippen molar-refractivity contribution in [3.8, 4) is 5.75 Å². The van der Waals surface area contributed by atoms with Gasteiger partial charge in [0.25, 0.3) is 0 Å². The molecule has 2 aromatic rings. The molecular weight excluding hydrogens is 307 g/mol. The van der Waals surface area contributed by atoms with Crippen molar-refractivity contribution in [3.63, 3.8) is 0 Å². The van der Waals surface area contributed by atoms with Crippen molar-refractivity contribution in [2.24, 2.45) is 0 Å². The second kappa shape index (κ2) is 7.13. The third-order valence-corrected chi connectivity index (χ3v) is 3.53. The van der Waals surface area contributed by atoms with Crippen LogP contribution in [-0.2, 0) is 6.54 Å². The first-order chi connectivity index (χ1) is 10.5. The number of ether oxygens (including phenoxy) is 1. The van der Waals surface area contributed by atoms with Gasteiger partial charge in [-0.25, -0.2) is 9.18 Å². The minimum atomic E-state index is -0.455. The smallest absolute Gasteiger partial charge is 0.319 e. The topological polar surface area (TPSA) is 50.4 Å². The standard InChI is InChI=1S/C16H16ClFN2O2/c1-10-7-14(15(22-2)8-12(10)17)20-16(21)19-9-11-5-3-4-6-13(11)18/h3-8H,9H2,1-2H3,(H2,19,20,21). The fraction of sp³-hybridized carbons (Fsp3) is 0.188. The number of nitrogens with one attached hydrogen (secondary N) is 2. The van der Waals surface area contributed by atoms with Crippen LogP contribution in [0.15, 0.2) is 36.4 Å². The van der Waals surface area contributed by atoms with E-state index in [2.05, 4.69) is 10.6 Å². The number of benzene rings is 2. The lowest BCUT2D eigenvalue weighted by Crippen LogP contribution is -2.28. The Hall–Kier alpha value is -2.27. The Morgan fingerprint density at radius 3 is 2.73 bits per heavy atom. The van der Waals surface area contributed by atoms with E-state index in [9.17, 15) is 9.18 Å². The molecule has 2 amide bonds. The van der Waals surface area contributed by atoms with Gasteiger partial charge in [0.05, 0.1) is 12.8 Å². The Morgan fingerprint density at radius 1 is 1.32 bits per heavy atom. The van der Waals surface area contributed by atoms with Gasteiger partial charge >= 0.3 is 6.03 Å². The van der Waals surface area contributed by atoms with Gasteiger partial charge in [-0.3, -0.25) is 0 Å². The molecule has 0 heterocycles. The van der Waals surface area contributed by atoms with Gasteiger partial charge in [0.15, 0.2) is 0 Å². The van der Waals surface area contributed by atoms with Crippen molar-refractivity contribution in [2.45, 2.75) is 13.5 Å². The normalized spacial score (nSPS) is 10.2. The fourth-order valence-electron chi connectivity index (χ4n) is 1.91. The van der Waals surface area contributed by atoms with E-state index in [0.717, 1.165) is 5.56 Å². The van der Waals surface area contributed by atoms with Crippen LogP contribution in [0.3, 0.4) is 0 Å². The highest BCUT2D eigenvalue weighted by Crippen LogP contribution is 2.30. The zero-order chi connectivity index (χ0) is 16.1. The quantitative estimate of drug-likeness (QED) is 0.889. The minimum Gasteiger partial charge on any atom is -0.495 e. The molecule has 0 aromatic heterocycles. The van der Waals surface area contributed by atoms with E-state index in [1.807, 2.05) is 6.92 Å². The highest BCUT2D eigenvalue weighted by atomic mass is 35.5. The first-order valence-corrected chi connectivity index (χ1v) is 7.01. The zero-order valence-corrected chi connectivity index (χ0v) is 13.0. The van der Waals surface area contributed by atoms with Crippen LogP contribution >= 0.6 is 11.6 Å². The highest BCUT2D eigenvalue weighted by molar-refractivity contribution is 6.31. The number of hydrogen-bond donors (Lipinski definition) is 2. The summed E-state index contributed by atoms with van der Waals surface area (Å²) in [6.45, 7) is 1.91. The number of amides is 2. The summed E-state index contributed by atoms with van der Waals surface area (Å²) in [7, 11) is 1.49. The number of carbonyl (C=O) groups is 1. The number of urea groups is 1. The predicted molar refractivity (Wildman–Crippen MR) is 85.0 cm³/mol. The lowest BCUT2D eigenvalue weighted by molar-refractivity contribution is 0.251. The summed E-state index contributed by atoms with van der Waals surface area (Å²) >= 11 is 6.01. The third-order valence-electron chi connectivity index (χ3n) is 3.13. The molecule has 4 nitrogen and oxygen atoms in total. The minimum absolute atomic E-state index is 0.0907. The third kappa shape index (κ3) is 3.89. The van der Waals surface area contributed by atoms with Gasteiger partial charge in [0.2, 0.25) is 0 Å². The number of carbonyl (C=O) groups excluding carboxylic acids is 1. The van der Waals surface area contributed by atoms with Gasteiger partial charge in [-0.2, -0.15) is 0 Å². The average molecular weight is 323 g/mol. The molecule has 116 valence electrons. The summed E-state index contributed by atoms with van der Waals surface area (Å²) in [4.78, 5) is 11.9. The van der Waals surface area contributed by atoms with Crippen molar-refractivity contribution >= 4 is 23.3 Å². The van der Waals surface area contributed by atoms with Gasteiger partial charge in [-0.1, -0.05) is 29.8 Å². The van der Waals surface area contributed by atoms with Crippen molar-refractivity contribution in [1.29, 1.82) is 0 Å². The average Bonchev–Trinajstić information content (AvgIpc) is 2.50. The van der Waals surface area contributed by atoms with Crippen molar-refractivity contribution < 1.29 is 13.9 Å². The maximum absolute atomic E-state index is 13.5. The molecule has 0 aliphatic rings. The van der Waals surface area contributed by atoms with E-state index in [0.29, 0.717) is 22.0 Å². The maximum atomic E-state index is 13.5. The number of hydrogen-bond acceptors (Lipinski definition) is 2. The summed E-state index contributed by atoms with van der Waals surface area (Å²) in [5, 5.41) is 5.81. The van der Waals surface area contributed by atoms with E-state index >= 15 is 0 Å². The second-order valence-corrected chi connectivity index (χ2v) is 5.11. The Labute approximate surface area is 133 Å². The lowest BCUT2D eigenvalue weighted by atomic mass is 10.2. The lowest BCUT2D eigenvalue weighted by Gasteiger charge is -2.13. The van der Waals surface area contributed by atoms with Crippen LogP contribution in [0.5, 0.6) is 5.75 Å². The van der Waals surface area contributed by atoms with Gasteiger partial charge < -0.3 is 15.4 Å². The van der Waals surface area contributed by atoms with Crippen LogP contribution in [0.25, 0.3) is 0 Å². The summed E-state index contributed by atoms with van der Waals surface area (Å²) in [5.41, 5.74) is 1.72. The largest absolute Gasteiger partial charge is 0.495 e. The number of anilines is 1. The van der Waals surface area contributed by atoms with Gasteiger partial charge in [-0.05, 0) is 24.6 Å². The summed E-state index contributed by atoms with van der Waals surface area (Å²) < 4.78 is 18.7. The van der Waals surface area contributed by atoms with Crippen LogP contribution in [0, 0.1) is 12.7 Å². The van der Waals surface area contributed by atoms with Crippen LogP contribution in [0.1, 0.15) is 11.1 Å². The number of aryl methyl sites for hydroxylation is 1. The summed E-state index contributed by atoms with van der Waals surface area (Å²) in [6, 6.07) is 9.16. The number of halogens is 2. The molecule has 22 heavy (non-hydrogen) atoms. The van der Waals surface area contributed by atoms with Gasteiger partial charge in [0.1, 0.15) is 11.6 Å². The monoisotopic (exact) mass is 322 g/mol. The molecule has 6 heteroatoms. The Kier molecular flexibility index (Phi) is 5.22. The fourth-order valence-corrected chi connectivity index (χ4v) is 2.07. The van der Waals surface area contributed by atoms with E-state index in [-0.39, 0.29) is 12.4 Å². The van der Waals surface area contributed by atoms with Gasteiger partial charge in [0, 0.05) is 23.2 Å². The zero-order valence-electron chi connectivity index (χ0n) is 12.2. The van der Waals surface area contributed by atoms with Crippen molar-refractivity contribution in [3.05, 3.63) is 58.4 Å². The maximum Gasteiger partial charge on any atom is 0.319 e. The SMILES string of the molecule is COc1cc(Cl)c(C)cc1NC(=O)NCc1ccccc1F. The Morgan fingerprint density at radius 2 is 2.05 bits per heavy atom. The van der Waals surface area contributed by atoms with Crippen LogP contribution in [-0.4, -0.2) is 13.1 Å². The van der Waals surface area contributed by atoms with Crippen molar-refractivity contribution in [2.75, 3.05) is 12.4 Å². The predicted octanol–water partition coefficient (Wildman–Crippen LogP) is 4.12. The Bertz CT molecular complexity index is 692. The molecule has 0 aliphatic heterocycles. The number of methoxy groups -OCH3 is 1. The molecule has 2 aromatic carbocycles. The van der Waals surface area contributed by atoms with E-state index in [1.165, 1.54) is 13.2 Å². The van der Waals surface area contributed by atoms with Crippen LogP contribution in [0.2, 0.25) is 5.02 Å². The molecule has 2 rings (SSSR count). The molecular formula is C16H16ClFN2O2. The molecule has 0 bridgehead atoms. The molecule has 0 fully saturated rings. The van der Waals surface area contributed by atoms with E-state index < -0.39 is 6.03 Å². The van der Waals surface area contributed by atoms with Crippen LogP contribution < -0.4 is 15.4 Å². The molecule has 0 aliphatic carbocycles. The second-order valence-electron chi connectivity index (χ2n) is 4.70. The summed E-state index contributed by atoms with van der Waals surface area (Å²) in [5.74, 6) is 0.0966. The first kappa shape index (κ1) is 16.1. The first-order valence-electron chi connectivity index (χ1n) is 6.63. The molecule has 0 spiro atoms.